The predicted octanol–water partition coefficient (Wildman–Crippen LogP) is 0.922. The summed E-state index contributed by atoms with van der Waals surface area (Å²) in [4.78, 5) is 36.9. The smallest absolute Gasteiger partial charge is 0.325 e. The zero-order valence-corrected chi connectivity index (χ0v) is 12.8. The van der Waals surface area contributed by atoms with E-state index < -0.39 is 12.1 Å². The van der Waals surface area contributed by atoms with Gasteiger partial charge >= 0.3 is 6.03 Å². The van der Waals surface area contributed by atoms with Crippen molar-refractivity contribution < 1.29 is 14.4 Å². The molecule has 1 aliphatic heterocycles. The lowest BCUT2D eigenvalue weighted by Gasteiger charge is -2.14. The molecule has 6 nitrogen and oxygen atoms in total. The van der Waals surface area contributed by atoms with Crippen LogP contribution in [0.25, 0.3) is 0 Å². The minimum absolute atomic E-state index is 0.233. The topological polar surface area (TPSA) is 78.5 Å². The van der Waals surface area contributed by atoms with E-state index in [1.807, 2.05) is 44.2 Å². The van der Waals surface area contributed by atoms with E-state index in [4.69, 9.17) is 0 Å². The highest BCUT2D eigenvalue weighted by atomic mass is 16.2. The van der Waals surface area contributed by atoms with Crippen LogP contribution in [-0.4, -0.2) is 41.9 Å². The Hall–Kier alpha value is -2.37. The van der Waals surface area contributed by atoms with E-state index >= 15 is 0 Å². The average molecular weight is 303 g/mol. The summed E-state index contributed by atoms with van der Waals surface area (Å²) >= 11 is 0. The van der Waals surface area contributed by atoms with Crippen molar-refractivity contribution in [2.75, 3.05) is 13.1 Å². The van der Waals surface area contributed by atoms with Crippen molar-refractivity contribution >= 4 is 17.8 Å². The third-order valence-electron chi connectivity index (χ3n) is 3.40. The van der Waals surface area contributed by atoms with Gasteiger partial charge in [-0.05, 0) is 11.5 Å². The normalized spacial score (nSPS) is 17.8. The van der Waals surface area contributed by atoms with Crippen molar-refractivity contribution in [3.8, 4) is 0 Å². The van der Waals surface area contributed by atoms with Crippen LogP contribution in [0.1, 0.15) is 19.4 Å². The fourth-order valence-corrected chi connectivity index (χ4v) is 2.23. The molecule has 0 radical (unpaired) electrons. The van der Waals surface area contributed by atoms with Crippen LogP contribution >= 0.6 is 0 Å². The molecule has 1 aromatic rings. The Balaban J connectivity index is 1.92. The molecular weight excluding hydrogens is 282 g/mol. The Morgan fingerprint density at radius 1 is 1.27 bits per heavy atom. The van der Waals surface area contributed by atoms with Gasteiger partial charge in [0.1, 0.15) is 12.6 Å². The van der Waals surface area contributed by atoms with E-state index in [1.165, 1.54) is 0 Å². The van der Waals surface area contributed by atoms with Crippen LogP contribution in [0.3, 0.4) is 0 Å². The molecule has 2 rings (SSSR count). The number of urea groups is 1. The number of hydrogen-bond donors (Lipinski definition) is 2. The molecular formula is C16H21N3O3. The Kier molecular flexibility index (Phi) is 5.14. The molecule has 118 valence electrons. The number of rotatable bonds is 6. The van der Waals surface area contributed by atoms with Crippen molar-refractivity contribution in [3.05, 3.63) is 35.9 Å². The van der Waals surface area contributed by atoms with Gasteiger partial charge in [-0.25, -0.2) is 4.79 Å². The van der Waals surface area contributed by atoms with Crippen LogP contribution in [0.5, 0.6) is 0 Å². The Morgan fingerprint density at radius 2 is 1.95 bits per heavy atom. The van der Waals surface area contributed by atoms with Crippen molar-refractivity contribution in [1.82, 2.24) is 15.5 Å². The minimum atomic E-state index is -0.604. The second-order valence-corrected chi connectivity index (χ2v) is 5.81. The zero-order valence-electron chi connectivity index (χ0n) is 12.8. The van der Waals surface area contributed by atoms with Gasteiger partial charge in [0.2, 0.25) is 5.91 Å². The predicted molar refractivity (Wildman–Crippen MR) is 82.0 cm³/mol. The van der Waals surface area contributed by atoms with E-state index in [1.54, 1.807) is 0 Å². The van der Waals surface area contributed by atoms with Crippen LogP contribution in [0.15, 0.2) is 30.3 Å². The standard InChI is InChI=1S/C16H21N3O3/c1-11(2)9-17-14(20)10-19-15(21)13(18-16(19)22)8-12-6-4-3-5-7-12/h3-7,11,13H,8-10H2,1-2H3,(H,17,20)(H,18,22)/t13-/m1/s1. The van der Waals surface area contributed by atoms with Crippen LogP contribution in [0.4, 0.5) is 4.79 Å². The largest absolute Gasteiger partial charge is 0.354 e. The number of imide groups is 1. The lowest BCUT2D eigenvalue weighted by atomic mass is 10.1. The van der Waals surface area contributed by atoms with Gasteiger partial charge in [-0.3, -0.25) is 14.5 Å². The van der Waals surface area contributed by atoms with Crippen LogP contribution in [-0.2, 0) is 16.0 Å². The average Bonchev–Trinajstić information content (AvgIpc) is 2.74. The van der Waals surface area contributed by atoms with Crippen LogP contribution in [0, 0.1) is 5.92 Å². The molecule has 0 aromatic heterocycles. The number of carbonyl (C=O) groups excluding carboxylic acids is 3. The molecule has 0 bridgehead atoms. The molecule has 1 aromatic carbocycles. The second kappa shape index (κ2) is 7.06. The molecule has 1 saturated heterocycles. The van der Waals surface area contributed by atoms with Crippen LogP contribution < -0.4 is 10.6 Å². The molecule has 22 heavy (non-hydrogen) atoms. The first-order valence-corrected chi connectivity index (χ1v) is 7.40. The molecule has 1 atom stereocenters. The van der Waals surface area contributed by atoms with E-state index in [0.717, 1.165) is 10.5 Å². The highest BCUT2D eigenvalue weighted by Gasteiger charge is 2.38. The summed E-state index contributed by atoms with van der Waals surface area (Å²) < 4.78 is 0. The number of nitrogens with one attached hydrogen (secondary N) is 2. The maximum atomic E-state index is 12.3. The van der Waals surface area contributed by atoms with E-state index in [2.05, 4.69) is 10.6 Å². The Morgan fingerprint density at radius 3 is 2.59 bits per heavy atom. The highest BCUT2D eigenvalue weighted by Crippen LogP contribution is 2.11. The van der Waals surface area contributed by atoms with Gasteiger partial charge in [0.25, 0.3) is 5.91 Å². The van der Waals surface area contributed by atoms with Gasteiger partial charge in [0, 0.05) is 13.0 Å². The second-order valence-electron chi connectivity index (χ2n) is 5.81. The van der Waals surface area contributed by atoms with Gasteiger partial charge in [-0.2, -0.15) is 0 Å². The van der Waals surface area contributed by atoms with Crippen molar-refractivity contribution in [1.29, 1.82) is 0 Å². The molecule has 0 unspecified atom stereocenters. The monoisotopic (exact) mass is 303 g/mol. The van der Waals surface area contributed by atoms with Crippen molar-refractivity contribution in [2.45, 2.75) is 26.3 Å². The molecule has 1 heterocycles. The minimum Gasteiger partial charge on any atom is -0.354 e. The first kappa shape index (κ1) is 16.0. The van der Waals surface area contributed by atoms with Gasteiger partial charge < -0.3 is 10.6 Å². The third-order valence-corrected chi connectivity index (χ3v) is 3.40. The number of amides is 4. The summed E-state index contributed by atoms with van der Waals surface area (Å²) in [6, 6.07) is 8.35. The first-order chi connectivity index (χ1) is 10.5. The van der Waals surface area contributed by atoms with Gasteiger partial charge in [0.15, 0.2) is 0 Å². The van der Waals surface area contributed by atoms with Crippen molar-refractivity contribution in [3.63, 3.8) is 0 Å². The van der Waals surface area contributed by atoms with Gasteiger partial charge in [-0.1, -0.05) is 44.2 Å². The van der Waals surface area contributed by atoms with Gasteiger partial charge in [0.05, 0.1) is 0 Å². The quantitative estimate of drug-likeness (QED) is 0.767. The van der Waals surface area contributed by atoms with E-state index in [9.17, 15) is 14.4 Å². The maximum Gasteiger partial charge on any atom is 0.325 e. The lowest BCUT2D eigenvalue weighted by molar-refractivity contribution is -0.132. The number of nitrogens with zero attached hydrogens (tertiary/aromatic N) is 1. The summed E-state index contributed by atoms with van der Waals surface area (Å²) in [5.41, 5.74) is 0.965. The molecule has 2 N–H and O–H groups in total. The fraction of sp³-hybridized carbons (Fsp3) is 0.438. The van der Waals surface area contributed by atoms with Crippen molar-refractivity contribution in [2.24, 2.45) is 5.92 Å². The van der Waals surface area contributed by atoms with E-state index in [-0.39, 0.29) is 18.4 Å². The number of carbonyl (C=O) groups is 3. The maximum absolute atomic E-state index is 12.3. The lowest BCUT2D eigenvalue weighted by Crippen LogP contribution is -2.42. The highest BCUT2D eigenvalue weighted by molar-refractivity contribution is 6.06. The van der Waals surface area contributed by atoms with Gasteiger partial charge in [-0.15, -0.1) is 0 Å². The molecule has 4 amide bonds. The van der Waals surface area contributed by atoms with Crippen LogP contribution in [0.2, 0.25) is 0 Å². The number of hydrogen-bond acceptors (Lipinski definition) is 3. The summed E-state index contributed by atoms with van der Waals surface area (Å²) in [6.07, 6.45) is 0.426. The molecule has 6 heteroatoms. The number of benzene rings is 1. The third kappa shape index (κ3) is 4.07. The molecule has 1 aliphatic rings. The summed E-state index contributed by atoms with van der Waals surface area (Å²) in [5, 5.41) is 5.33. The summed E-state index contributed by atoms with van der Waals surface area (Å²) in [6.45, 7) is 4.24. The fourth-order valence-electron chi connectivity index (χ4n) is 2.23. The summed E-state index contributed by atoms with van der Waals surface area (Å²) in [5.74, 6) is -0.357. The SMILES string of the molecule is CC(C)CNC(=O)CN1C(=O)N[C@H](Cc2ccccc2)C1=O. The zero-order chi connectivity index (χ0) is 16.1. The molecule has 0 spiro atoms. The summed E-state index contributed by atoms with van der Waals surface area (Å²) in [7, 11) is 0. The molecule has 1 fully saturated rings. The first-order valence-electron chi connectivity index (χ1n) is 7.40. The Labute approximate surface area is 129 Å². The molecule has 0 saturated carbocycles. The Bertz CT molecular complexity index is 557. The molecule has 0 aliphatic carbocycles. The van der Waals surface area contributed by atoms with E-state index in [0.29, 0.717) is 18.9 Å².